The number of aromatic nitrogens is 1. The second-order valence-electron chi connectivity index (χ2n) is 5.55. The fraction of sp³-hybridized carbons (Fsp3) is 0.333. The third-order valence-corrected chi connectivity index (χ3v) is 3.89. The van der Waals surface area contributed by atoms with E-state index >= 15 is 0 Å². The highest BCUT2D eigenvalue weighted by molar-refractivity contribution is 5.80. The predicted molar refractivity (Wildman–Crippen MR) is 79.3 cm³/mol. The van der Waals surface area contributed by atoms with E-state index in [1.165, 1.54) is 17.7 Å². The van der Waals surface area contributed by atoms with Gasteiger partial charge in [-0.15, -0.1) is 0 Å². The molecule has 7 heteroatoms. The predicted octanol–water partition coefficient (Wildman–Crippen LogP) is 0.735. The van der Waals surface area contributed by atoms with E-state index in [1.54, 1.807) is 18.2 Å². The maximum absolute atomic E-state index is 12.1. The zero-order chi connectivity index (χ0) is 15.9. The number of amides is 1. The molecule has 1 amide bonds. The van der Waals surface area contributed by atoms with Gasteiger partial charge in [0.15, 0.2) is 0 Å². The molecule has 0 radical (unpaired) electrons. The highest BCUT2D eigenvalue weighted by Gasteiger charge is 2.44. The molecule has 1 aromatic carbocycles. The average molecular weight is 304 g/mol. The Bertz CT molecular complexity index is 792. The maximum atomic E-state index is 12.1. The van der Waals surface area contributed by atoms with Crippen LogP contribution in [0.2, 0.25) is 0 Å². The summed E-state index contributed by atoms with van der Waals surface area (Å²) in [4.78, 5) is 24.1. The molecule has 2 N–H and O–H groups in total. The van der Waals surface area contributed by atoms with E-state index < -0.39 is 11.7 Å². The number of β-amino-alcohol motifs (C(OH)–C–C–N with tert-alkyl or cyclic N) is 1. The van der Waals surface area contributed by atoms with Gasteiger partial charge in [0.1, 0.15) is 11.4 Å². The van der Waals surface area contributed by atoms with E-state index in [0.29, 0.717) is 11.3 Å². The molecule has 1 saturated heterocycles. The molecule has 0 aliphatic carbocycles. The van der Waals surface area contributed by atoms with Crippen molar-refractivity contribution < 1.29 is 19.7 Å². The van der Waals surface area contributed by atoms with Crippen molar-refractivity contribution in [2.75, 3.05) is 20.2 Å². The van der Waals surface area contributed by atoms with Gasteiger partial charge < -0.3 is 24.4 Å². The Labute approximate surface area is 126 Å². The lowest BCUT2D eigenvalue weighted by Gasteiger charge is -2.45. The largest absolute Gasteiger partial charge is 0.497 e. The van der Waals surface area contributed by atoms with Crippen LogP contribution in [0.3, 0.4) is 0 Å². The van der Waals surface area contributed by atoms with E-state index in [4.69, 9.17) is 9.84 Å². The quantitative estimate of drug-likeness (QED) is 0.872. The van der Waals surface area contributed by atoms with Gasteiger partial charge in [-0.1, -0.05) is 0 Å². The smallest absolute Gasteiger partial charge is 0.407 e. The Morgan fingerprint density at radius 2 is 2.00 bits per heavy atom. The number of carboxylic acid groups (broad SMARTS) is 1. The summed E-state index contributed by atoms with van der Waals surface area (Å²) >= 11 is 0. The summed E-state index contributed by atoms with van der Waals surface area (Å²) in [6, 6.07) is 8.50. The lowest BCUT2D eigenvalue weighted by molar-refractivity contribution is -0.0941. The Kier molecular flexibility index (Phi) is 3.29. The van der Waals surface area contributed by atoms with Crippen molar-refractivity contribution in [3.05, 3.63) is 40.7 Å². The molecule has 1 aliphatic rings. The van der Waals surface area contributed by atoms with Gasteiger partial charge >= 0.3 is 6.09 Å². The lowest BCUT2D eigenvalue weighted by Crippen LogP contribution is -2.65. The summed E-state index contributed by atoms with van der Waals surface area (Å²) in [7, 11) is 1.54. The summed E-state index contributed by atoms with van der Waals surface area (Å²) < 4.78 is 6.63. The molecule has 1 aliphatic heterocycles. The number of benzene rings is 1. The zero-order valence-electron chi connectivity index (χ0n) is 12.0. The first-order chi connectivity index (χ1) is 10.4. The van der Waals surface area contributed by atoms with Crippen LogP contribution in [0, 0.1) is 0 Å². The maximum Gasteiger partial charge on any atom is 0.407 e. The van der Waals surface area contributed by atoms with Gasteiger partial charge in [0.25, 0.3) is 5.56 Å². The fourth-order valence-electron chi connectivity index (χ4n) is 2.75. The molecule has 1 aromatic heterocycles. The molecule has 3 rings (SSSR count). The standard InChI is InChI=1S/C15H16N2O5/c1-22-11-4-2-10-3-5-13(18)17(12(10)6-11)9-15(21)7-16(8-15)14(19)20/h2-6,21H,7-9H2,1H3,(H,19,20). The zero-order valence-corrected chi connectivity index (χ0v) is 12.0. The van der Waals surface area contributed by atoms with Crippen LogP contribution < -0.4 is 10.3 Å². The monoisotopic (exact) mass is 304 g/mol. The van der Waals surface area contributed by atoms with Crippen LogP contribution in [0.25, 0.3) is 10.9 Å². The number of nitrogens with zero attached hydrogens (tertiary/aromatic N) is 2. The van der Waals surface area contributed by atoms with Crippen molar-refractivity contribution in [2.45, 2.75) is 12.1 Å². The van der Waals surface area contributed by atoms with Gasteiger partial charge in [-0.3, -0.25) is 4.79 Å². The molecule has 0 unspecified atom stereocenters. The SMILES string of the molecule is COc1ccc2ccc(=O)n(CC3(O)CN(C(=O)O)C3)c2c1. The van der Waals surface area contributed by atoms with Gasteiger partial charge in [0.05, 0.1) is 32.3 Å². The Morgan fingerprint density at radius 1 is 1.32 bits per heavy atom. The highest BCUT2D eigenvalue weighted by atomic mass is 16.5. The minimum atomic E-state index is -1.22. The van der Waals surface area contributed by atoms with E-state index in [0.717, 1.165) is 10.3 Å². The van der Waals surface area contributed by atoms with Crippen molar-refractivity contribution >= 4 is 17.0 Å². The number of aliphatic hydroxyl groups is 1. The number of pyridine rings is 1. The first-order valence-electron chi connectivity index (χ1n) is 6.80. The number of carbonyl (C=O) groups is 1. The molecule has 0 saturated carbocycles. The van der Waals surface area contributed by atoms with Gasteiger partial charge in [-0.2, -0.15) is 0 Å². The molecule has 0 bridgehead atoms. The first-order valence-corrected chi connectivity index (χ1v) is 6.80. The van der Waals surface area contributed by atoms with Crippen molar-refractivity contribution in [2.24, 2.45) is 0 Å². The van der Waals surface area contributed by atoms with Crippen LogP contribution in [0.15, 0.2) is 35.1 Å². The number of hydrogen-bond acceptors (Lipinski definition) is 4. The van der Waals surface area contributed by atoms with Gasteiger partial charge in [0, 0.05) is 12.1 Å². The third-order valence-electron chi connectivity index (χ3n) is 3.89. The second kappa shape index (κ2) is 5.03. The fourth-order valence-corrected chi connectivity index (χ4v) is 2.75. The third kappa shape index (κ3) is 2.39. The molecule has 1 fully saturated rings. The number of rotatable bonds is 3. The van der Waals surface area contributed by atoms with Crippen LogP contribution in [-0.2, 0) is 6.54 Å². The number of hydrogen-bond donors (Lipinski definition) is 2. The molecule has 7 nitrogen and oxygen atoms in total. The van der Waals surface area contributed by atoms with Crippen LogP contribution in [-0.4, -0.2) is 51.6 Å². The summed E-state index contributed by atoms with van der Waals surface area (Å²) in [5, 5.41) is 20.1. The number of methoxy groups -OCH3 is 1. The van der Waals surface area contributed by atoms with Crippen molar-refractivity contribution in [1.29, 1.82) is 0 Å². The molecule has 116 valence electrons. The van der Waals surface area contributed by atoms with Crippen molar-refractivity contribution in [3.63, 3.8) is 0 Å². The number of likely N-dealkylation sites (tertiary alicyclic amines) is 1. The lowest BCUT2D eigenvalue weighted by atomic mass is 9.94. The van der Waals surface area contributed by atoms with Gasteiger partial charge in [-0.05, 0) is 23.6 Å². The van der Waals surface area contributed by atoms with E-state index in [2.05, 4.69) is 0 Å². The van der Waals surface area contributed by atoms with E-state index in [9.17, 15) is 14.7 Å². The Balaban J connectivity index is 1.98. The highest BCUT2D eigenvalue weighted by Crippen LogP contribution is 2.25. The summed E-state index contributed by atoms with van der Waals surface area (Å²) in [5.74, 6) is 0.611. The molecular weight excluding hydrogens is 288 g/mol. The molecule has 0 atom stereocenters. The minimum absolute atomic E-state index is 0.00483. The van der Waals surface area contributed by atoms with E-state index in [1.807, 2.05) is 6.07 Å². The van der Waals surface area contributed by atoms with Crippen molar-refractivity contribution in [3.8, 4) is 5.75 Å². The topological polar surface area (TPSA) is 92.0 Å². The van der Waals surface area contributed by atoms with Crippen molar-refractivity contribution in [1.82, 2.24) is 9.47 Å². The number of fused-ring (bicyclic) bond motifs is 1. The average Bonchev–Trinajstić information content (AvgIpc) is 2.46. The Hall–Kier alpha value is -2.54. The van der Waals surface area contributed by atoms with E-state index in [-0.39, 0.29) is 25.2 Å². The number of ether oxygens (including phenoxy) is 1. The molecule has 2 heterocycles. The summed E-state index contributed by atoms with van der Waals surface area (Å²) in [5.41, 5.74) is -0.823. The second-order valence-corrected chi connectivity index (χ2v) is 5.55. The molecule has 0 spiro atoms. The summed E-state index contributed by atoms with van der Waals surface area (Å²) in [6.07, 6.45) is -1.07. The Morgan fingerprint density at radius 3 is 2.64 bits per heavy atom. The van der Waals surface area contributed by atoms with Crippen LogP contribution in [0.5, 0.6) is 5.75 Å². The van der Waals surface area contributed by atoms with Gasteiger partial charge in [0.2, 0.25) is 0 Å². The minimum Gasteiger partial charge on any atom is -0.497 e. The molecule has 2 aromatic rings. The van der Waals surface area contributed by atoms with Crippen LogP contribution in [0.4, 0.5) is 4.79 Å². The van der Waals surface area contributed by atoms with Crippen LogP contribution in [0.1, 0.15) is 0 Å². The molecular formula is C15H16N2O5. The van der Waals surface area contributed by atoms with Crippen LogP contribution >= 0.6 is 0 Å². The van der Waals surface area contributed by atoms with Gasteiger partial charge in [-0.25, -0.2) is 4.79 Å². The summed E-state index contributed by atoms with van der Waals surface area (Å²) in [6.45, 7) is 0.0321. The molecule has 22 heavy (non-hydrogen) atoms. The first kappa shape index (κ1) is 14.4. The normalized spacial score (nSPS) is 16.4.